The van der Waals surface area contributed by atoms with Gasteiger partial charge in [0.05, 0.1) is 7.11 Å². The SMILES string of the molecule is COC(=O)[C@@]12CC(C)=CC[C@H]1CCCC2=O. The first-order valence-corrected chi connectivity index (χ1v) is 5.88. The molecule has 2 aliphatic rings. The summed E-state index contributed by atoms with van der Waals surface area (Å²) >= 11 is 0. The van der Waals surface area contributed by atoms with Crippen LogP contribution in [0.25, 0.3) is 0 Å². The van der Waals surface area contributed by atoms with Crippen molar-refractivity contribution in [3.63, 3.8) is 0 Å². The second-order valence-electron chi connectivity index (χ2n) is 4.94. The number of carbonyl (C=O) groups excluding carboxylic acids is 2. The van der Waals surface area contributed by atoms with E-state index in [0.29, 0.717) is 12.8 Å². The number of hydrogen-bond donors (Lipinski definition) is 0. The van der Waals surface area contributed by atoms with Gasteiger partial charge in [0.15, 0.2) is 5.78 Å². The maximum atomic E-state index is 12.2. The zero-order chi connectivity index (χ0) is 11.8. The number of allylic oxidation sites excluding steroid dienone is 2. The normalized spacial score (nSPS) is 34.0. The number of carbonyl (C=O) groups is 2. The molecule has 16 heavy (non-hydrogen) atoms. The van der Waals surface area contributed by atoms with Crippen molar-refractivity contribution in [2.24, 2.45) is 11.3 Å². The number of hydrogen-bond acceptors (Lipinski definition) is 3. The van der Waals surface area contributed by atoms with Crippen LogP contribution in [0, 0.1) is 11.3 Å². The third kappa shape index (κ3) is 1.49. The van der Waals surface area contributed by atoms with Gasteiger partial charge in [-0.25, -0.2) is 0 Å². The van der Waals surface area contributed by atoms with Crippen molar-refractivity contribution in [1.82, 2.24) is 0 Å². The number of esters is 1. The van der Waals surface area contributed by atoms with E-state index in [0.717, 1.165) is 24.8 Å². The molecule has 0 unspecified atom stereocenters. The Morgan fingerprint density at radius 3 is 3.00 bits per heavy atom. The molecule has 3 nitrogen and oxygen atoms in total. The molecule has 0 bridgehead atoms. The summed E-state index contributed by atoms with van der Waals surface area (Å²) in [4.78, 5) is 24.2. The molecule has 0 radical (unpaired) electrons. The Hall–Kier alpha value is -1.12. The minimum absolute atomic E-state index is 0.0862. The minimum atomic E-state index is -0.855. The molecule has 88 valence electrons. The predicted octanol–water partition coefficient (Wildman–Crippen LogP) is 2.26. The lowest BCUT2D eigenvalue weighted by molar-refractivity contribution is -0.165. The van der Waals surface area contributed by atoms with Gasteiger partial charge < -0.3 is 4.74 Å². The second-order valence-corrected chi connectivity index (χ2v) is 4.94. The van der Waals surface area contributed by atoms with Gasteiger partial charge in [0.25, 0.3) is 0 Å². The van der Waals surface area contributed by atoms with Gasteiger partial charge in [0, 0.05) is 6.42 Å². The van der Waals surface area contributed by atoms with Crippen LogP contribution in [0.4, 0.5) is 0 Å². The van der Waals surface area contributed by atoms with E-state index in [9.17, 15) is 9.59 Å². The lowest BCUT2D eigenvalue weighted by atomic mass is 9.59. The fourth-order valence-corrected chi connectivity index (χ4v) is 3.16. The molecule has 0 amide bonds. The zero-order valence-corrected chi connectivity index (χ0v) is 9.91. The number of rotatable bonds is 1. The average molecular weight is 222 g/mol. The van der Waals surface area contributed by atoms with Gasteiger partial charge in [-0.15, -0.1) is 0 Å². The van der Waals surface area contributed by atoms with E-state index in [1.807, 2.05) is 6.92 Å². The van der Waals surface area contributed by atoms with E-state index in [2.05, 4.69) is 6.08 Å². The average Bonchev–Trinajstić information content (AvgIpc) is 2.29. The Morgan fingerprint density at radius 1 is 1.56 bits per heavy atom. The van der Waals surface area contributed by atoms with Crippen molar-refractivity contribution >= 4 is 11.8 Å². The van der Waals surface area contributed by atoms with Crippen LogP contribution in [0.1, 0.15) is 39.0 Å². The van der Waals surface area contributed by atoms with Crippen LogP contribution < -0.4 is 0 Å². The maximum Gasteiger partial charge on any atom is 0.319 e. The highest BCUT2D eigenvalue weighted by atomic mass is 16.5. The number of ketones is 1. The first kappa shape index (κ1) is 11.4. The monoisotopic (exact) mass is 222 g/mol. The third-order valence-corrected chi connectivity index (χ3v) is 4.01. The quantitative estimate of drug-likeness (QED) is 0.388. The van der Waals surface area contributed by atoms with Gasteiger partial charge in [0.1, 0.15) is 5.41 Å². The smallest absolute Gasteiger partial charge is 0.319 e. The number of Topliss-reactive ketones (excluding diaryl/α,β-unsaturated/α-hetero) is 1. The number of methoxy groups -OCH3 is 1. The second kappa shape index (κ2) is 4.04. The zero-order valence-electron chi connectivity index (χ0n) is 9.91. The largest absolute Gasteiger partial charge is 0.468 e. The topological polar surface area (TPSA) is 43.4 Å². The van der Waals surface area contributed by atoms with E-state index in [4.69, 9.17) is 4.74 Å². The Morgan fingerprint density at radius 2 is 2.31 bits per heavy atom. The molecule has 3 heteroatoms. The first-order valence-electron chi connectivity index (χ1n) is 5.88. The summed E-state index contributed by atoms with van der Waals surface area (Å²) in [5.41, 5.74) is 0.281. The standard InChI is InChI=1S/C13H18O3/c1-9-6-7-10-4-3-5-11(14)13(10,8-9)12(15)16-2/h6,10H,3-5,7-8H2,1-2H3/t10-,13+/m1/s1. The molecular weight excluding hydrogens is 204 g/mol. The van der Waals surface area contributed by atoms with E-state index >= 15 is 0 Å². The molecule has 0 N–H and O–H groups in total. The molecule has 1 fully saturated rings. The van der Waals surface area contributed by atoms with Crippen molar-refractivity contribution in [3.05, 3.63) is 11.6 Å². The van der Waals surface area contributed by atoms with Gasteiger partial charge in [-0.05, 0) is 38.5 Å². The highest BCUT2D eigenvalue weighted by molar-refractivity contribution is 6.05. The summed E-state index contributed by atoms with van der Waals surface area (Å²) in [5.74, 6) is -0.0809. The van der Waals surface area contributed by atoms with Crippen LogP contribution in [0.5, 0.6) is 0 Å². The first-order chi connectivity index (χ1) is 7.61. The van der Waals surface area contributed by atoms with Crippen molar-refractivity contribution in [2.45, 2.75) is 39.0 Å². The summed E-state index contributed by atoms with van der Waals surface area (Å²) in [7, 11) is 1.38. The molecule has 0 aromatic heterocycles. The fraction of sp³-hybridized carbons (Fsp3) is 0.692. The molecule has 0 spiro atoms. The molecule has 0 aromatic rings. The van der Waals surface area contributed by atoms with E-state index in [1.54, 1.807) is 0 Å². The van der Waals surface area contributed by atoms with Gasteiger partial charge in [0.2, 0.25) is 0 Å². The van der Waals surface area contributed by atoms with Crippen molar-refractivity contribution in [3.8, 4) is 0 Å². The Balaban J connectivity index is 2.42. The van der Waals surface area contributed by atoms with Crippen LogP contribution in [0.2, 0.25) is 0 Å². The molecule has 1 saturated carbocycles. The highest BCUT2D eigenvalue weighted by Crippen LogP contribution is 2.48. The molecule has 0 aliphatic heterocycles. The van der Waals surface area contributed by atoms with E-state index in [1.165, 1.54) is 7.11 Å². The summed E-state index contributed by atoms with van der Waals surface area (Å²) in [5, 5.41) is 0. The Labute approximate surface area is 95.9 Å². The number of fused-ring (bicyclic) bond motifs is 1. The van der Waals surface area contributed by atoms with Crippen LogP contribution in [-0.4, -0.2) is 18.9 Å². The fourth-order valence-electron chi connectivity index (χ4n) is 3.16. The van der Waals surface area contributed by atoms with Crippen LogP contribution >= 0.6 is 0 Å². The summed E-state index contributed by atoms with van der Waals surface area (Å²) in [6.45, 7) is 1.99. The van der Waals surface area contributed by atoms with Crippen LogP contribution in [-0.2, 0) is 14.3 Å². The van der Waals surface area contributed by atoms with Gasteiger partial charge in [-0.2, -0.15) is 0 Å². The third-order valence-electron chi connectivity index (χ3n) is 4.01. The van der Waals surface area contributed by atoms with Gasteiger partial charge in [-0.1, -0.05) is 11.6 Å². The molecular formula is C13H18O3. The molecule has 0 heterocycles. The molecule has 0 aromatic carbocycles. The van der Waals surface area contributed by atoms with Gasteiger partial charge in [-0.3, -0.25) is 9.59 Å². The molecule has 0 saturated heterocycles. The lowest BCUT2D eigenvalue weighted by Gasteiger charge is -2.42. The van der Waals surface area contributed by atoms with Crippen LogP contribution in [0.15, 0.2) is 11.6 Å². The Kier molecular flexibility index (Phi) is 2.87. The summed E-state index contributed by atoms with van der Waals surface area (Å²) in [6.07, 6.45) is 5.96. The summed E-state index contributed by atoms with van der Waals surface area (Å²) < 4.78 is 4.88. The summed E-state index contributed by atoms with van der Waals surface area (Å²) in [6, 6.07) is 0. The minimum Gasteiger partial charge on any atom is -0.468 e. The molecule has 2 aliphatic carbocycles. The molecule has 2 atom stereocenters. The van der Waals surface area contributed by atoms with Crippen molar-refractivity contribution < 1.29 is 14.3 Å². The van der Waals surface area contributed by atoms with E-state index < -0.39 is 5.41 Å². The highest BCUT2D eigenvalue weighted by Gasteiger charge is 2.54. The molecule has 2 rings (SSSR count). The van der Waals surface area contributed by atoms with Crippen molar-refractivity contribution in [1.29, 1.82) is 0 Å². The predicted molar refractivity (Wildman–Crippen MR) is 59.8 cm³/mol. The Bertz CT molecular complexity index is 346. The van der Waals surface area contributed by atoms with E-state index in [-0.39, 0.29) is 17.7 Å². The lowest BCUT2D eigenvalue weighted by Crippen LogP contribution is -2.50. The van der Waals surface area contributed by atoms with Crippen molar-refractivity contribution in [2.75, 3.05) is 7.11 Å². The van der Waals surface area contributed by atoms with Crippen LogP contribution in [0.3, 0.4) is 0 Å². The van der Waals surface area contributed by atoms with Gasteiger partial charge >= 0.3 is 5.97 Å². The maximum absolute atomic E-state index is 12.2. The number of ether oxygens (including phenoxy) is 1.